The molecule has 6 heteroatoms. The molecular formula is C20H26N4O2. The summed E-state index contributed by atoms with van der Waals surface area (Å²) in [5, 5.41) is 7.62. The number of nitrogens with one attached hydrogen (secondary N) is 1. The van der Waals surface area contributed by atoms with Crippen LogP contribution in [0.3, 0.4) is 0 Å². The topological polar surface area (TPSA) is 61.6 Å². The number of aromatic nitrogens is 1. The first-order chi connectivity index (χ1) is 12.7. The molecule has 4 rings (SSSR count). The molecule has 6 nitrogen and oxygen atoms in total. The SMILES string of the molecule is Cc1cc(CNC2CCN(c3cccc(N4CCCC4=O)c3)CC2)no1. The molecular weight excluding hydrogens is 328 g/mol. The van der Waals surface area contributed by atoms with Crippen molar-refractivity contribution in [2.45, 2.75) is 45.2 Å². The van der Waals surface area contributed by atoms with Gasteiger partial charge in [-0.15, -0.1) is 0 Å². The van der Waals surface area contributed by atoms with Crippen LogP contribution < -0.4 is 15.1 Å². The fourth-order valence-corrected chi connectivity index (χ4v) is 3.87. The molecule has 1 N–H and O–H groups in total. The van der Waals surface area contributed by atoms with Gasteiger partial charge in [0.1, 0.15) is 5.76 Å². The van der Waals surface area contributed by atoms with Gasteiger partial charge in [0.25, 0.3) is 0 Å². The van der Waals surface area contributed by atoms with Crippen molar-refractivity contribution in [3.63, 3.8) is 0 Å². The number of benzene rings is 1. The van der Waals surface area contributed by atoms with Gasteiger partial charge in [-0.25, -0.2) is 0 Å². The molecule has 1 aromatic heterocycles. The van der Waals surface area contributed by atoms with E-state index in [9.17, 15) is 4.79 Å². The summed E-state index contributed by atoms with van der Waals surface area (Å²) in [5.41, 5.74) is 3.22. The molecule has 1 aromatic carbocycles. The van der Waals surface area contributed by atoms with E-state index in [-0.39, 0.29) is 5.91 Å². The minimum absolute atomic E-state index is 0.244. The van der Waals surface area contributed by atoms with Gasteiger partial charge in [-0.05, 0) is 44.4 Å². The van der Waals surface area contributed by atoms with Crippen molar-refractivity contribution in [1.82, 2.24) is 10.5 Å². The van der Waals surface area contributed by atoms with E-state index in [0.717, 1.165) is 62.6 Å². The Morgan fingerprint density at radius 1 is 1.19 bits per heavy atom. The molecule has 138 valence electrons. The number of nitrogens with zero attached hydrogens (tertiary/aromatic N) is 3. The molecule has 0 radical (unpaired) electrons. The summed E-state index contributed by atoms with van der Waals surface area (Å²) in [4.78, 5) is 16.3. The predicted octanol–water partition coefficient (Wildman–Crippen LogP) is 2.87. The number of carbonyl (C=O) groups excluding carboxylic acids is 1. The molecule has 3 heterocycles. The molecule has 2 aromatic rings. The Hall–Kier alpha value is -2.34. The third-order valence-corrected chi connectivity index (χ3v) is 5.32. The van der Waals surface area contributed by atoms with E-state index >= 15 is 0 Å². The van der Waals surface area contributed by atoms with Gasteiger partial charge in [0, 0.05) is 56.1 Å². The molecule has 1 amide bonds. The Labute approximate surface area is 154 Å². The summed E-state index contributed by atoms with van der Waals surface area (Å²) in [6.45, 7) is 5.56. The largest absolute Gasteiger partial charge is 0.371 e. The molecule has 0 spiro atoms. The monoisotopic (exact) mass is 354 g/mol. The highest BCUT2D eigenvalue weighted by molar-refractivity contribution is 5.95. The summed E-state index contributed by atoms with van der Waals surface area (Å²) in [6.07, 6.45) is 3.84. The minimum atomic E-state index is 0.244. The predicted molar refractivity (Wildman–Crippen MR) is 101 cm³/mol. The Balaban J connectivity index is 1.32. The van der Waals surface area contributed by atoms with Gasteiger partial charge in [0.05, 0.1) is 5.69 Å². The van der Waals surface area contributed by atoms with Gasteiger partial charge in [-0.2, -0.15) is 0 Å². The van der Waals surface area contributed by atoms with Crippen molar-refractivity contribution in [3.05, 3.63) is 41.8 Å². The van der Waals surface area contributed by atoms with Crippen molar-refractivity contribution < 1.29 is 9.32 Å². The van der Waals surface area contributed by atoms with Crippen LogP contribution in [0, 0.1) is 6.92 Å². The molecule has 0 bridgehead atoms. The zero-order chi connectivity index (χ0) is 17.9. The lowest BCUT2D eigenvalue weighted by molar-refractivity contribution is -0.117. The Bertz CT molecular complexity index is 765. The Morgan fingerprint density at radius 3 is 2.69 bits per heavy atom. The second kappa shape index (κ2) is 7.50. The second-order valence-corrected chi connectivity index (χ2v) is 7.24. The summed E-state index contributed by atoms with van der Waals surface area (Å²) in [7, 11) is 0. The van der Waals surface area contributed by atoms with E-state index < -0.39 is 0 Å². The molecule has 2 fully saturated rings. The number of hydrogen-bond donors (Lipinski definition) is 1. The fourth-order valence-electron chi connectivity index (χ4n) is 3.87. The second-order valence-electron chi connectivity index (χ2n) is 7.24. The van der Waals surface area contributed by atoms with Gasteiger partial charge < -0.3 is 19.6 Å². The molecule has 26 heavy (non-hydrogen) atoms. The van der Waals surface area contributed by atoms with Gasteiger partial charge in [0.15, 0.2) is 0 Å². The van der Waals surface area contributed by atoms with E-state index in [1.165, 1.54) is 5.69 Å². The van der Waals surface area contributed by atoms with Crippen molar-refractivity contribution in [2.75, 3.05) is 29.4 Å². The lowest BCUT2D eigenvalue weighted by Crippen LogP contribution is -2.42. The Kier molecular flexibility index (Phi) is 4.93. The number of hydrogen-bond acceptors (Lipinski definition) is 5. The van der Waals surface area contributed by atoms with E-state index in [0.29, 0.717) is 12.5 Å². The van der Waals surface area contributed by atoms with Gasteiger partial charge in [0.2, 0.25) is 5.91 Å². The van der Waals surface area contributed by atoms with Crippen LogP contribution in [0.1, 0.15) is 37.1 Å². The first kappa shape index (κ1) is 17.1. The van der Waals surface area contributed by atoms with Gasteiger partial charge >= 0.3 is 0 Å². The lowest BCUT2D eigenvalue weighted by atomic mass is 10.0. The van der Waals surface area contributed by atoms with Crippen molar-refractivity contribution in [1.29, 1.82) is 0 Å². The average Bonchev–Trinajstić information content (AvgIpc) is 3.28. The number of piperidine rings is 1. The fraction of sp³-hybridized carbons (Fsp3) is 0.500. The number of anilines is 2. The highest BCUT2D eigenvalue weighted by Crippen LogP contribution is 2.27. The van der Waals surface area contributed by atoms with E-state index in [4.69, 9.17) is 4.52 Å². The summed E-state index contributed by atoms with van der Waals surface area (Å²) >= 11 is 0. The minimum Gasteiger partial charge on any atom is -0.371 e. The molecule has 0 unspecified atom stereocenters. The average molecular weight is 354 g/mol. The first-order valence-electron chi connectivity index (χ1n) is 9.50. The van der Waals surface area contributed by atoms with Crippen LogP contribution in [0.15, 0.2) is 34.9 Å². The smallest absolute Gasteiger partial charge is 0.227 e. The van der Waals surface area contributed by atoms with Gasteiger partial charge in [-0.3, -0.25) is 4.79 Å². The number of rotatable bonds is 5. The third kappa shape index (κ3) is 3.75. The van der Waals surface area contributed by atoms with Crippen molar-refractivity contribution in [3.8, 4) is 0 Å². The van der Waals surface area contributed by atoms with Crippen LogP contribution in [-0.4, -0.2) is 36.7 Å². The molecule has 0 atom stereocenters. The number of amides is 1. The maximum Gasteiger partial charge on any atom is 0.227 e. The molecule has 2 aliphatic rings. The third-order valence-electron chi connectivity index (χ3n) is 5.32. The van der Waals surface area contributed by atoms with Crippen molar-refractivity contribution in [2.24, 2.45) is 0 Å². The van der Waals surface area contributed by atoms with E-state index in [2.05, 4.69) is 33.6 Å². The number of aryl methyl sites for hydroxylation is 1. The zero-order valence-corrected chi connectivity index (χ0v) is 15.3. The summed E-state index contributed by atoms with van der Waals surface area (Å²) < 4.78 is 5.11. The van der Waals surface area contributed by atoms with Crippen LogP contribution in [0.5, 0.6) is 0 Å². The Morgan fingerprint density at radius 2 is 2.00 bits per heavy atom. The number of carbonyl (C=O) groups is 1. The molecule has 2 aliphatic heterocycles. The lowest BCUT2D eigenvalue weighted by Gasteiger charge is -2.34. The maximum absolute atomic E-state index is 12.0. The quantitative estimate of drug-likeness (QED) is 0.895. The standard InChI is InChI=1S/C20H26N4O2/c1-15-12-17(22-26-15)14-21-16-7-10-23(11-8-16)18-4-2-5-19(13-18)24-9-3-6-20(24)25/h2,4-5,12-13,16,21H,3,6-11,14H2,1H3. The van der Waals surface area contributed by atoms with E-state index in [1.807, 2.05) is 24.0 Å². The summed E-state index contributed by atoms with van der Waals surface area (Å²) in [5.74, 6) is 1.10. The van der Waals surface area contributed by atoms with E-state index in [1.54, 1.807) is 0 Å². The molecule has 0 saturated carbocycles. The first-order valence-corrected chi connectivity index (χ1v) is 9.50. The zero-order valence-electron chi connectivity index (χ0n) is 15.3. The van der Waals surface area contributed by atoms with Gasteiger partial charge in [-0.1, -0.05) is 11.2 Å². The highest BCUT2D eigenvalue weighted by atomic mass is 16.5. The molecule has 0 aliphatic carbocycles. The molecule has 2 saturated heterocycles. The van der Waals surface area contributed by atoms with Crippen LogP contribution in [0.4, 0.5) is 11.4 Å². The van der Waals surface area contributed by atoms with Crippen LogP contribution in [0.2, 0.25) is 0 Å². The van der Waals surface area contributed by atoms with Crippen molar-refractivity contribution >= 4 is 17.3 Å². The highest BCUT2D eigenvalue weighted by Gasteiger charge is 2.23. The van der Waals surface area contributed by atoms with Crippen LogP contribution >= 0.6 is 0 Å². The summed E-state index contributed by atoms with van der Waals surface area (Å²) in [6, 6.07) is 10.9. The van der Waals surface area contributed by atoms with Crippen LogP contribution in [0.25, 0.3) is 0 Å². The maximum atomic E-state index is 12.0. The normalized spacial score (nSPS) is 18.7. The van der Waals surface area contributed by atoms with Crippen LogP contribution in [-0.2, 0) is 11.3 Å².